The molecule has 4 nitrogen and oxygen atoms in total. The van der Waals surface area contributed by atoms with Gasteiger partial charge in [0.2, 0.25) is 0 Å². The molecule has 0 aromatic carbocycles. The fourth-order valence-corrected chi connectivity index (χ4v) is 1.48. The number of aliphatic hydroxyl groups is 1. The van der Waals surface area contributed by atoms with Crippen molar-refractivity contribution < 1.29 is 19.4 Å². The van der Waals surface area contributed by atoms with Crippen LogP contribution in [0.4, 0.5) is 0 Å². The Hall–Kier alpha value is -1.26. The van der Waals surface area contributed by atoms with E-state index in [4.69, 9.17) is 4.74 Å². The van der Waals surface area contributed by atoms with Crippen LogP contribution in [0.25, 0.3) is 0 Å². The van der Waals surface area contributed by atoms with Gasteiger partial charge in [-0.1, -0.05) is 0 Å². The third kappa shape index (κ3) is 1.66. The van der Waals surface area contributed by atoms with Gasteiger partial charge in [-0.3, -0.25) is 9.59 Å². The molecule has 1 N–H and O–H groups in total. The first-order valence-corrected chi connectivity index (χ1v) is 4.19. The second kappa shape index (κ2) is 4.30. The molecule has 14 heavy (non-hydrogen) atoms. The lowest BCUT2D eigenvalue weighted by molar-refractivity contribution is -0.108. The van der Waals surface area contributed by atoms with Gasteiger partial charge in [0.1, 0.15) is 18.5 Å². The Labute approximate surface area is 81.9 Å². The smallest absolute Gasteiger partial charge is 0.150 e. The van der Waals surface area contributed by atoms with Gasteiger partial charge in [0, 0.05) is 18.3 Å². The highest BCUT2D eigenvalue weighted by atomic mass is 16.5. The van der Waals surface area contributed by atoms with Crippen LogP contribution in [0.2, 0.25) is 0 Å². The molecule has 0 heterocycles. The third-order valence-corrected chi connectivity index (χ3v) is 2.30. The quantitative estimate of drug-likeness (QED) is 0.646. The van der Waals surface area contributed by atoms with E-state index in [0.717, 1.165) is 0 Å². The molecule has 1 rings (SSSR count). The lowest BCUT2D eigenvalue weighted by Gasteiger charge is -2.25. The predicted octanol–water partition coefficient (Wildman–Crippen LogP) is 0.0166. The molecule has 4 heteroatoms. The van der Waals surface area contributed by atoms with Crippen LogP contribution >= 0.6 is 0 Å². The molecule has 1 aliphatic rings. The first kappa shape index (κ1) is 10.8. The molecule has 0 saturated heterocycles. The number of hydrogen-bond acceptors (Lipinski definition) is 4. The van der Waals surface area contributed by atoms with Gasteiger partial charge in [0.25, 0.3) is 0 Å². The number of carbonyl (C=O) groups is 2. The van der Waals surface area contributed by atoms with E-state index in [9.17, 15) is 14.7 Å². The topological polar surface area (TPSA) is 63.6 Å². The summed E-state index contributed by atoms with van der Waals surface area (Å²) in [7, 11) is 1.44. The van der Waals surface area contributed by atoms with Gasteiger partial charge >= 0.3 is 0 Å². The maximum Gasteiger partial charge on any atom is 0.150 e. The minimum absolute atomic E-state index is 0.0897. The van der Waals surface area contributed by atoms with Gasteiger partial charge in [0.05, 0.1) is 0 Å². The van der Waals surface area contributed by atoms with Crippen LogP contribution in [0, 0.1) is 0 Å². The maximum atomic E-state index is 10.7. The SMILES string of the molecule is COC1C=C(C)C(C=O)=C(C=O)C1O. The summed E-state index contributed by atoms with van der Waals surface area (Å²) in [6.45, 7) is 1.70. The molecule has 0 bridgehead atoms. The Morgan fingerprint density at radius 2 is 2.07 bits per heavy atom. The summed E-state index contributed by atoms with van der Waals surface area (Å²) in [6, 6.07) is 0. The summed E-state index contributed by atoms with van der Waals surface area (Å²) < 4.78 is 4.96. The van der Waals surface area contributed by atoms with Gasteiger partial charge in [-0.15, -0.1) is 0 Å². The second-order valence-corrected chi connectivity index (χ2v) is 3.10. The zero-order valence-corrected chi connectivity index (χ0v) is 8.06. The molecule has 2 atom stereocenters. The molecule has 0 aromatic rings. The van der Waals surface area contributed by atoms with Gasteiger partial charge in [0.15, 0.2) is 6.29 Å². The summed E-state index contributed by atoms with van der Waals surface area (Å²) in [5, 5.41) is 9.63. The highest BCUT2D eigenvalue weighted by molar-refractivity contribution is 5.92. The first-order chi connectivity index (χ1) is 6.65. The van der Waals surface area contributed by atoms with Crippen LogP contribution in [-0.2, 0) is 14.3 Å². The average molecular weight is 196 g/mol. The Morgan fingerprint density at radius 3 is 2.50 bits per heavy atom. The lowest BCUT2D eigenvalue weighted by atomic mass is 9.89. The zero-order chi connectivity index (χ0) is 10.7. The van der Waals surface area contributed by atoms with Crippen molar-refractivity contribution in [3.8, 4) is 0 Å². The standard InChI is InChI=1S/C10H12O4/c1-6-3-9(14-2)10(13)8(5-12)7(6)4-11/h3-5,9-10,13H,1-2H3. The van der Waals surface area contributed by atoms with Crippen molar-refractivity contribution >= 4 is 12.6 Å². The number of hydrogen-bond donors (Lipinski definition) is 1. The van der Waals surface area contributed by atoms with E-state index >= 15 is 0 Å². The molecule has 0 amide bonds. The number of rotatable bonds is 3. The Bertz CT molecular complexity index is 314. The molecule has 0 spiro atoms. The summed E-state index contributed by atoms with van der Waals surface area (Å²) >= 11 is 0. The van der Waals surface area contributed by atoms with E-state index in [1.54, 1.807) is 13.0 Å². The number of ether oxygens (including phenoxy) is 1. The number of aldehydes is 2. The average Bonchev–Trinajstić information content (AvgIpc) is 2.20. The highest BCUT2D eigenvalue weighted by Crippen LogP contribution is 2.24. The van der Waals surface area contributed by atoms with Crippen molar-refractivity contribution in [3.05, 3.63) is 22.8 Å². The van der Waals surface area contributed by atoms with Crippen LogP contribution in [0.5, 0.6) is 0 Å². The van der Waals surface area contributed by atoms with Gasteiger partial charge in [-0.05, 0) is 18.6 Å². The van der Waals surface area contributed by atoms with Crippen molar-refractivity contribution in [1.29, 1.82) is 0 Å². The zero-order valence-electron chi connectivity index (χ0n) is 8.06. The first-order valence-electron chi connectivity index (χ1n) is 4.19. The van der Waals surface area contributed by atoms with E-state index in [0.29, 0.717) is 18.1 Å². The van der Waals surface area contributed by atoms with E-state index < -0.39 is 12.2 Å². The van der Waals surface area contributed by atoms with Crippen molar-refractivity contribution in [2.45, 2.75) is 19.1 Å². The van der Waals surface area contributed by atoms with Crippen LogP contribution < -0.4 is 0 Å². The minimum Gasteiger partial charge on any atom is -0.385 e. The summed E-state index contributed by atoms with van der Waals surface area (Å²) in [6.07, 6.45) is 1.09. The number of aliphatic hydroxyl groups excluding tert-OH is 1. The lowest BCUT2D eigenvalue weighted by Crippen LogP contribution is -2.33. The fraction of sp³-hybridized carbons (Fsp3) is 0.400. The predicted molar refractivity (Wildman–Crippen MR) is 49.7 cm³/mol. The molecule has 0 aromatic heterocycles. The Kier molecular flexibility index (Phi) is 3.33. The maximum absolute atomic E-state index is 10.7. The summed E-state index contributed by atoms with van der Waals surface area (Å²) in [5.74, 6) is 0. The van der Waals surface area contributed by atoms with Crippen molar-refractivity contribution in [2.75, 3.05) is 7.11 Å². The molecular weight excluding hydrogens is 184 g/mol. The fourth-order valence-electron chi connectivity index (χ4n) is 1.48. The van der Waals surface area contributed by atoms with Gasteiger partial charge < -0.3 is 9.84 Å². The van der Waals surface area contributed by atoms with Crippen LogP contribution in [-0.4, -0.2) is 37.0 Å². The number of methoxy groups -OCH3 is 1. The Balaban J connectivity index is 3.18. The molecule has 2 unspecified atom stereocenters. The van der Waals surface area contributed by atoms with Crippen LogP contribution in [0.15, 0.2) is 22.8 Å². The summed E-state index contributed by atoms with van der Waals surface area (Å²) in [4.78, 5) is 21.4. The highest BCUT2D eigenvalue weighted by Gasteiger charge is 2.28. The van der Waals surface area contributed by atoms with Crippen LogP contribution in [0.3, 0.4) is 0 Å². The van der Waals surface area contributed by atoms with Crippen LogP contribution in [0.1, 0.15) is 6.92 Å². The molecular formula is C10H12O4. The van der Waals surface area contributed by atoms with Crippen molar-refractivity contribution in [1.82, 2.24) is 0 Å². The number of carbonyl (C=O) groups excluding carboxylic acids is 2. The third-order valence-electron chi connectivity index (χ3n) is 2.30. The second-order valence-electron chi connectivity index (χ2n) is 3.10. The van der Waals surface area contributed by atoms with E-state index in [2.05, 4.69) is 0 Å². The largest absolute Gasteiger partial charge is 0.385 e. The van der Waals surface area contributed by atoms with Crippen molar-refractivity contribution in [2.24, 2.45) is 0 Å². The van der Waals surface area contributed by atoms with E-state index in [1.807, 2.05) is 0 Å². The normalized spacial score (nSPS) is 27.2. The van der Waals surface area contributed by atoms with Gasteiger partial charge in [-0.2, -0.15) is 0 Å². The molecule has 0 saturated carbocycles. The number of allylic oxidation sites excluding steroid dienone is 2. The monoisotopic (exact) mass is 196 g/mol. The molecule has 0 fully saturated rings. The van der Waals surface area contributed by atoms with Gasteiger partial charge in [-0.25, -0.2) is 0 Å². The molecule has 76 valence electrons. The molecule has 0 radical (unpaired) electrons. The van der Waals surface area contributed by atoms with Crippen molar-refractivity contribution in [3.63, 3.8) is 0 Å². The minimum atomic E-state index is -1.05. The van der Waals surface area contributed by atoms with E-state index in [-0.39, 0.29) is 11.1 Å². The van der Waals surface area contributed by atoms with E-state index in [1.165, 1.54) is 7.11 Å². The summed E-state index contributed by atoms with van der Waals surface area (Å²) in [5.41, 5.74) is 0.993. The molecule has 1 aliphatic carbocycles. The Morgan fingerprint density at radius 1 is 1.43 bits per heavy atom. The molecule has 0 aliphatic heterocycles.